The third-order valence-corrected chi connectivity index (χ3v) is 8.43. The zero-order chi connectivity index (χ0) is 30.0. The Morgan fingerprint density at radius 2 is 1.76 bits per heavy atom. The van der Waals surface area contributed by atoms with Crippen molar-refractivity contribution in [2.75, 3.05) is 19.6 Å². The molecule has 2 aliphatic rings. The molecule has 1 aliphatic carbocycles. The molecule has 220 valence electrons. The van der Waals surface area contributed by atoms with Crippen molar-refractivity contribution < 1.29 is 18.3 Å². The van der Waals surface area contributed by atoms with Gasteiger partial charge in [-0.2, -0.15) is 0 Å². The average molecular weight is 590 g/mol. The smallest absolute Gasteiger partial charge is 0.316 e. The second-order valence-electron chi connectivity index (χ2n) is 12.4. The lowest BCUT2D eigenvalue weighted by Gasteiger charge is -2.34. The summed E-state index contributed by atoms with van der Waals surface area (Å²) in [6.45, 7) is 9.56. The molecule has 0 N–H and O–H groups in total. The number of allylic oxidation sites excluding steroid dienone is 1. The molecule has 0 saturated carbocycles. The van der Waals surface area contributed by atoms with Crippen LogP contribution in [0.3, 0.4) is 0 Å². The Kier molecular flexibility index (Phi) is 9.00. The van der Waals surface area contributed by atoms with E-state index in [1.165, 1.54) is 16.7 Å². The van der Waals surface area contributed by atoms with Crippen molar-refractivity contribution in [1.29, 1.82) is 0 Å². The Labute approximate surface area is 252 Å². The van der Waals surface area contributed by atoms with Gasteiger partial charge in [0.2, 0.25) is 6.43 Å². The van der Waals surface area contributed by atoms with Gasteiger partial charge in [0.1, 0.15) is 5.75 Å². The monoisotopic (exact) mass is 589 g/mol. The van der Waals surface area contributed by atoms with Crippen LogP contribution in [0.4, 0.5) is 8.78 Å². The van der Waals surface area contributed by atoms with Gasteiger partial charge in [0, 0.05) is 31.1 Å². The maximum atomic E-state index is 12.6. The Morgan fingerprint density at radius 1 is 1.02 bits per heavy atom. The number of nitrogens with zero attached hydrogens (tertiary/aromatic N) is 1. The molecule has 0 aromatic heterocycles. The third-order valence-electron chi connectivity index (χ3n) is 8.02. The molecule has 3 aromatic carbocycles. The SMILES string of the molecule is Cc1c(Cl)cccc1C1=C(c2ccc(C=C3CN(CCC(F)F)C3)cc2)c2ccc(OC(=O)C(C)(C)C)cc2CCC1. The summed E-state index contributed by atoms with van der Waals surface area (Å²) in [6, 6.07) is 20.7. The summed E-state index contributed by atoms with van der Waals surface area (Å²) in [5.41, 5.74) is 9.81. The van der Waals surface area contributed by atoms with Crippen molar-refractivity contribution in [1.82, 2.24) is 4.90 Å². The lowest BCUT2D eigenvalue weighted by molar-refractivity contribution is -0.143. The topological polar surface area (TPSA) is 29.5 Å². The molecule has 0 spiro atoms. The van der Waals surface area contributed by atoms with Crippen molar-refractivity contribution in [2.45, 2.75) is 59.8 Å². The van der Waals surface area contributed by atoms with Gasteiger partial charge in [-0.25, -0.2) is 8.78 Å². The fourth-order valence-electron chi connectivity index (χ4n) is 5.66. The zero-order valence-electron chi connectivity index (χ0n) is 24.8. The summed E-state index contributed by atoms with van der Waals surface area (Å²) in [4.78, 5) is 14.6. The van der Waals surface area contributed by atoms with Crippen LogP contribution in [-0.2, 0) is 11.2 Å². The van der Waals surface area contributed by atoms with E-state index in [-0.39, 0.29) is 12.4 Å². The summed E-state index contributed by atoms with van der Waals surface area (Å²) >= 11 is 6.59. The minimum atomic E-state index is -2.25. The molecule has 3 aromatic rings. The molecule has 0 radical (unpaired) electrons. The molecule has 1 fully saturated rings. The molecule has 0 atom stereocenters. The van der Waals surface area contributed by atoms with E-state index in [1.54, 1.807) is 0 Å². The summed E-state index contributed by atoms with van der Waals surface area (Å²) in [7, 11) is 0. The van der Waals surface area contributed by atoms with E-state index in [0.717, 1.165) is 70.8 Å². The number of fused-ring (bicyclic) bond motifs is 1. The maximum Gasteiger partial charge on any atom is 0.316 e. The maximum absolute atomic E-state index is 12.6. The van der Waals surface area contributed by atoms with Gasteiger partial charge in [0.25, 0.3) is 0 Å². The van der Waals surface area contributed by atoms with Crippen LogP contribution < -0.4 is 4.74 Å². The average Bonchev–Trinajstić information content (AvgIpc) is 3.10. The molecule has 0 amide bonds. The predicted molar refractivity (Wildman–Crippen MR) is 168 cm³/mol. The first-order valence-corrected chi connectivity index (χ1v) is 15.0. The summed E-state index contributed by atoms with van der Waals surface area (Å²) in [5.74, 6) is 0.316. The second kappa shape index (κ2) is 12.5. The number of alkyl halides is 2. The second-order valence-corrected chi connectivity index (χ2v) is 12.8. The van der Waals surface area contributed by atoms with Crippen molar-refractivity contribution in [2.24, 2.45) is 5.41 Å². The van der Waals surface area contributed by atoms with E-state index in [0.29, 0.717) is 12.3 Å². The zero-order valence-corrected chi connectivity index (χ0v) is 25.5. The van der Waals surface area contributed by atoms with Gasteiger partial charge in [-0.15, -0.1) is 0 Å². The molecular formula is C36H38ClF2NO2. The Bertz CT molecular complexity index is 1520. The molecule has 1 aliphatic heterocycles. The minimum absolute atomic E-state index is 0.0759. The van der Waals surface area contributed by atoms with Crippen LogP contribution in [0.5, 0.6) is 5.75 Å². The van der Waals surface area contributed by atoms with Crippen LogP contribution in [0.1, 0.15) is 73.4 Å². The standard InChI is InChI=1S/C36H38ClF2NO2/c1-23-29(8-6-10-32(23)37)31-9-5-7-27-20-28(42-35(41)36(2,3)4)15-16-30(27)34(31)26-13-11-24(12-14-26)19-25-21-40(22-25)18-17-33(38)39/h6,8,10-16,19-20,33H,5,7,9,17-18,21-22H2,1-4H3. The van der Waals surface area contributed by atoms with Crippen LogP contribution in [0.2, 0.25) is 5.02 Å². The number of carbonyl (C=O) groups excluding carboxylic acids is 1. The largest absolute Gasteiger partial charge is 0.426 e. The van der Waals surface area contributed by atoms with Crippen molar-refractivity contribution in [3.05, 3.63) is 105 Å². The number of likely N-dealkylation sites (tertiary alicyclic amines) is 1. The third kappa shape index (κ3) is 6.85. The Balaban J connectivity index is 1.51. The summed E-state index contributed by atoms with van der Waals surface area (Å²) in [6.07, 6.45) is 2.56. The van der Waals surface area contributed by atoms with E-state index in [4.69, 9.17) is 16.3 Å². The van der Waals surface area contributed by atoms with Gasteiger partial charge in [-0.3, -0.25) is 9.69 Å². The number of halogens is 3. The minimum Gasteiger partial charge on any atom is -0.426 e. The van der Waals surface area contributed by atoms with Crippen molar-refractivity contribution in [3.8, 4) is 5.75 Å². The van der Waals surface area contributed by atoms with Gasteiger partial charge in [0.05, 0.1) is 5.41 Å². The van der Waals surface area contributed by atoms with E-state index in [2.05, 4.69) is 49.4 Å². The molecule has 42 heavy (non-hydrogen) atoms. The highest BCUT2D eigenvalue weighted by molar-refractivity contribution is 6.31. The Morgan fingerprint density at radius 3 is 2.45 bits per heavy atom. The van der Waals surface area contributed by atoms with Crippen LogP contribution in [0, 0.1) is 12.3 Å². The van der Waals surface area contributed by atoms with Crippen LogP contribution in [0.25, 0.3) is 17.2 Å². The number of carbonyl (C=O) groups is 1. The van der Waals surface area contributed by atoms with Gasteiger partial charge < -0.3 is 4.74 Å². The first-order valence-electron chi connectivity index (χ1n) is 14.6. The first-order chi connectivity index (χ1) is 20.0. The quantitative estimate of drug-likeness (QED) is 0.203. The fourth-order valence-corrected chi connectivity index (χ4v) is 5.84. The molecular weight excluding hydrogens is 552 g/mol. The van der Waals surface area contributed by atoms with Gasteiger partial charge in [0.15, 0.2) is 0 Å². The number of hydrogen-bond acceptors (Lipinski definition) is 3. The van der Waals surface area contributed by atoms with Crippen molar-refractivity contribution >= 4 is 34.8 Å². The summed E-state index contributed by atoms with van der Waals surface area (Å²) in [5, 5.41) is 0.748. The van der Waals surface area contributed by atoms with E-state index in [1.807, 2.05) is 49.9 Å². The number of benzene rings is 3. The van der Waals surface area contributed by atoms with E-state index in [9.17, 15) is 13.6 Å². The van der Waals surface area contributed by atoms with Crippen LogP contribution in [-0.4, -0.2) is 36.9 Å². The lowest BCUT2D eigenvalue weighted by atomic mass is 9.86. The Hall–Kier alpha value is -3.28. The number of aryl methyl sites for hydroxylation is 1. The molecule has 1 heterocycles. The fraction of sp³-hybridized carbons (Fsp3) is 0.361. The highest BCUT2D eigenvalue weighted by atomic mass is 35.5. The number of hydrogen-bond donors (Lipinski definition) is 0. The first kappa shape index (κ1) is 30.2. The van der Waals surface area contributed by atoms with Gasteiger partial charge in [-0.05, 0) is 115 Å². The number of rotatable bonds is 7. The van der Waals surface area contributed by atoms with Crippen molar-refractivity contribution in [3.63, 3.8) is 0 Å². The molecule has 0 bridgehead atoms. The highest BCUT2D eigenvalue weighted by Gasteiger charge is 2.26. The van der Waals surface area contributed by atoms with Gasteiger partial charge in [-0.1, -0.05) is 60.1 Å². The number of esters is 1. The number of ether oxygens (including phenoxy) is 1. The normalized spacial score (nSPS) is 15.8. The van der Waals surface area contributed by atoms with E-state index < -0.39 is 11.8 Å². The lowest BCUT2D eigenvalue weighted by Crippen LogP contribution is -2.40. The summed E-state index contributed by atoms with van der Waals surface area (Å²) < 4.78 is 30.8. The molecule has 6 heteroatoms. The van der Waals surface area contributed by atoms with Crippen LogP contribution >= 0.6 is 11.6 Å². The predicted octanol–water partition coefficient (Wildman–Crippen LogP) is 9.25. The molecule has 5 rings (SSSR count). The highest BCUT2D eigenvalue weighted by Crippen LogP contribution is 2.42. The molecule has 3 nitrogen and oxygen atoms in total. The van der Waals surface area contributed by atoms with Crippen LogP contribution in [0.15, 0.2) is 66.2 Å². The van der Waals surface area contributed by atoms with Gasteiger partial charge >= 0.3 is 5.97 Å². The molecule has 1 saturated heterocycles. The molecule has 0 unspecified atom stereocenters. The van der Waals surface area contributed by atoms with E-state index >= 15 is 0 Å².